The predicted octanol–water partition coefficient (Wildman–Crippen LogP) is 3.54. The van der Waals surface area contributed by atoms with E-state index in [1.807, 2.05) is 30.3 Å². The smallest absolute Gasteiger partial charge is 0.0897 e. The van der Waals surface area contributed by atoms with Gasteiger partial charge in [-0.3, -0.25) is 4.90 Å². The van der Waals surface area contributed by atoms with Crippen LogP contribution in [0.4, 0.5) is 0 Å². The second-order valence-electron chi connectivity index (χ2n) is 5.79. The van der Waals surface area contributed by atoms with Gasteiger partial charge in [-0.15, -0.1) is 11.3 Å². The zero-order chi connectivity index (χ0) is 14.7. The lowest BCUT2D eigenvalue weighted by Gasteiger charge is -2.25. The zero-order valence-corrected chi connectivity index (χ0v) is 13.2. The van der Waals surface area contributed by atoms with Crippen LogP contribution in [0.5, 0.6) is 0 Å². The number of likely N-dealkylation sites (tertiary alicyclic amines) is 1. The molecule has 1 fully saturated rings. The molecule has 2 atom stereocenters. The molecular formula is C17H22N2OS. The first-order valence-electron chi connectivity index (χ1n) is 7.60. The summed E-state index contributed by atoms with van der Waals surface area (Å²) < 4.78 is 0. The van der Waals surface area contributed by atoms with Crippen LogP contribution in [0.25, 0.3) is 0 Å². The number of aliphatic hydroxyl groups excluding tert-OH is 1. The molecule has 21 heavy (non-hydrogen) atoms. The van der Waals surface area contributed by atoms with E-state index >= 15 is 0 Å². The Kier molecular flexibility index (Phi) is 4.68. The van der Waals surface area contributed by atoms with Gasteiger partial charge >= 0.3 is 0 Å². The molecule has 1 saturated heterocycles. The first-order chi connectivity index (χ1) is 10.2. The SMILES string of the molecule is Cc1nc(CN2CCC[C@@H]2C[C@@H](O)c2ccccc2)cs1. The lowest BCUT2D eigenvalue weighted by Crippen LogP contribution is -2.30. The molecule has 0 bridgehead atoms. The minimum atomic E-state index is -0.367. The van der Waals surface area contributed by atoms with Gasteiger partial charge in [-0.1, -0.05) is 30.3 Å². The van der Waals surface area contributed by atoms with Crippen LogP contribution in [0.2, 0.25) is 0 Å². The summed E-state index contributed by atoms with van der Waals surface area (Å²) in [5.74, 6) is 0. The molecular weight excluding hydrogens is 280 g/mol. The van der Waals surface area contributed by atoms with Crippen LogP contribution < -0.4 is 0 Å². The Balaban J connectivity index is 1.61. The van der Waals surface area contributed by atoms with Gasteiger partial charge in [0.2, 0.25) is 0 Å². The molecule has 0 saturated carbocycles. The Morgan fingerprint density at radius 3 is 2.90 bits per heavy atom. The molecule has 0 unspecified atom stereocenters. The average molecular weight is 302 g/mol. The third kappa shape index (κ3) is 3.70. The van der Waals surface area contributed by atoms with Crippen molar-refractivity contribution in [1.29, 1.82) is 0 Å². The van der Waals surface area contributed by atoms with Crippen molar-refractivity contribution >= 4 is 11.3 Å². The number of aromatic nitrogens is 1. The highest BCUT2D eigenvalue weighted by atomic mass is 32.1. The lowest BCUT2D eigenvalue weighted by atomic mass is 10.0. The quantitative estimate of drug-likeness (QED) is 0.918. The first kappa shape index (κ1) is 14.7. The van der Waals surface area contributed by atoms with Gasteiger partial charge in [-0.25, -0.2) is 4.98 Å². The van der Waals surface area contributed by atoms with Crippen molar-refractivity contribution in [1.82, 2.24) is 9.88 Å². The fourth-order valence-electron chi connectivity index (χ4n) is 3.13. The highest BCUT2D eigenvalue weighted by Gasteiger charge is 2.27. The number of aryl methyl sites for hydroxylation is 1. The van der Waals surface area contributed by atoms with Gasteiger partial charge in [0, 0.05) is 18.0 Å². The molecule has 3 rings (SSSR count). The van der Waals surface area contributed by atoms with Gasteiger partial charge in [0.15, 0.2) is 0 Å². The van der Waals surface area contributed by atoms with Gasteiger partial charge in [0.1, 0.15) is 0 Å². The highest BCUT2D eigenvalue weighted by Crippen LogP contribution is 2.28. The molecule has 4 heteroatoms. The molecule has 1 aromatic carbocycles. The van der Waals surface area contributed by atoms with Gasteiger partial charge in [0.05, 0.1) is 16.8 Å². The Labute approximate surface area is 130 Å². The molecule has 1 aliphatic heterocycles. The summed E-state index contributed by atoms with van der Waals surface area (Å²) in [7, 11) is 0. The lowest BCUT2D eigenvalue weighted by molar-refractivity contribution is 0.117. The van der Waals surface area contributed by atoms with E-state index in [2.05, 4.69) is 22.2 Å². The summed E-state index contributed by atoms with van der Waals surface area (Å²) in [4.78, 5) is 7.03. The molecule has 3 nitrogen and oxygen atoms in total. The molecule has 0 amide bonds. The van der Waals surface area contributed by atoms with Crippen molar-refractivity contribution in [3.05, 3.63) is 52.0 Å². The maximum absolute atomic E-state index is 10.4. The number of hydrogen-bond acceptors (Lipinski definition) is 4. The van der Waals surface area contributed by atoms with Gasteiger partial charge in [0.25, 0.3) is 0 Å². The van der Waals surface area contributed by atoms with E-state index < -0.39 is 0 Å². The zero-order valence-electron chi connectivity index (χ0n) is 12.4. The van der Waals surface area contributed by atoms with Gasteiger partial charge in [-0.2, -0.15) is 0 Å². The summed E-state index contributed by atoms with van der Waals surface area (Å²) in [5.41, 5.74) is 2.19. The summed E-state index contributed by atoms with van der Waals surface area (Å²) >= 11 is 1.71. The predicted molar refractivity (Wildman–Crippen MR) is 86.3 cm³/mol. The van der Waals surface area contributed by atoms with E-state index in [-0.39, 0.29) is 6.10 Å². The minimum Gasteiger partial charge on any atom is -0.388 e. The number of benzene rings is 1. The second kappa shape index (κ2) is 6.69. The molecule has 2 heterocycles. The number of rotatable bonds is 5. The van der Waals surface area contributed by atoms with E-state index in [4.69, 9.17) is 0 Å². The molecule has 112 valence electrons. The first-order valence-corrected chi connectivity index (χ1v) is 8.48. The number of hydrogen-bond donors (Lipinski definition) is 1. The maximum Gasteiger partial charge on any atom is 0.0897 e. The highest BCUT2D eigenvalue weighted by molar-refractivity contribution is 7.09. The van der Waals surface area contributed by atoms with Crippen molar-refractivity contribution in [2.24, 2.45) is 0 Å². The van der Waals surface area contributed by atoms with Crippen LogP contribution in [0.15, 0.2) is 35.7 Å². The van der Waals surface area contributed by atoms with Crippen LogP contribution in [0.1, 0.15) is 41.6 Å². The Morgan fingerprint density at radius 1 is 1.38 bits per heavy atom. The monoisotopic (exact) mass is 302 g/mol. The largest absolute Gasteiger partial charge is 0.388 e. The standard InChI is InChI=1S/C17H22N2OS/c1-13-18-15(12-21-13)11-19-9-5-8-16(19)10-17(20)14-6-3-2-4-7-14/h2-4,6-7,12,16-17,20H,5,8-11H2,1H3/t16-,17-/m1/s1. The Hall–Kier alpha value is -1.23. The normalized spacial score (nSPS) is 20.8. The van der Waals surface area contributed by atoms with Crippen LogP contribution in [-0.4, -0.2) is 27.6 Å². The van der Waals surface area contributed by atoms with Crippen molar-refractivity contribution in [3.8, 4) is 0 Å². The third-order valence-electron chi connectivity index (χ3n) is 4.21. The molecule has 0 aliphatic carbocycles. The molecule has 1 N–H and O–H groups in total. The van der Waals surface area contributed by atoms with E-state index in [0.717, 1.165) is 30.1 Å². The van der Waals surface area contributed by atoms with Crippen LogP contribution >= 0.6 is 11.3 Å². The van der Waals surface area contributed by atoms with Gasteiger partial charge < -0.3 is 5.11 Å². The van der Waals surface area contributed by atoms with Crippen LogP contribution in [0, 0.1) is 6.92 Å². The van der Waals surface area contributed by atoms with E-state index in [9.17, 15) is 5.11 Å². The van der Waals surface area contributed by atoms with E-state index in [1.165, 1.54) is 18.5 Å². The second-order valence-corrected chi connectivity index (χ2v) is 6.85. The fourth-order valence-corrected chi connectivity index (χ4v) is 3.73. The maximum atomic E-state index is 10.4. The molecule has 0 radical (unpaired) electrons. The Bertz CT molecular complexity index is 569. The summed E-state index contributed by atoms with van der Waals surface area (Å²) in [6, 6.07) is 10.4. The summed E-state index contributed by atoms with van der Waals surface area (Å²) in [5, 5.41) is 13.7. The molecule has 0 spiro atoms. The van der Waals surface area contributed by atoms with Crippen molar-refractivity contribution < 1.29 is 5.11 Å². The van der Waals surface area contributed by atoms with E-state index in [0.29, 0.717) is 6.04 Å². The Morgan fingerprint density at radius 2 is 2.19 bits per heavy atom. The molecule has 2 aromatic rings. The van der Waals surface area contributed by atoms with Crippen molar-refractivity contribution in [2.75, 3.05) is 6.54 Å². The summed E-state index contributed by atoms with van der Waals surface area (Å²) in [6.45, 7) is 4.08. The summed E-state index contributed by atoms with van der Waals surface area (Å²) in [6.07, 6.45) is 2.84. The third-order valence-corrected chi connectivity index (χ3v) is 5.03. The fraction of sp³-hybridized carbons (Fsp3) is 0.471. The van der Waals surface area contributed by atoms with Crippen molar-refractivity contribution in [3.63, 3.8) is 0 Å². The van der Waals surface area contributed by atoms with Gasteiger partial charge in [-0.05, 0) is 38.3 Å². The number of nitrogens with zero attached hydrogens (tertiary/aromatic N) is 2. The molecule has 1 aromatic heterocycles. The number of thiazole rings is 1. The van der Waals surface area contributed by atoms with Crippen LogP contribution in [0.3, 0.4) is 0 Å². The van der Waals surface area contributed by atoms with Crippen molar-refractivity contribution in [2.45, 2.75) is 44.9 Å². The average Bonchev–Trinajstić information content (AvgIpc) is 3.10. The number of aliphatic hydroxyl groups is 1. The minimum absolute atomic E-state index is 0.367. The van der Waals surface area contributed by atoms with Crippen LogP contribution in [-0.2, 0) is 6.54 Å². The topological polar surface area (TPSA) is 36.4 Å². The van der Waals surface area contributed by atoms with E-state index in [1.54, 1.807) is 11.3 Å². The molecule has 1 aliphatic rings.